The fourth-order valence-electron chi connectivity index (χ4n) is 12.9. The largest absolute Gasteiger partial charge is 0.461 e. The van der Waals surface area contributed by atoms with Crippen LogP contribution in [0.15, 0.2) is 36.0 Å². The predicted molar refractivity (Wildman–Crippen MR) is 255 cm³/mol. The second kappa shape index (κ2) is 22.9. The molecule has 3 unspecified atom stereocenters. The Morgan fingerprint density at radius 2 is 1.73 bits per heavy atom. The molecule has 5 fully saturated rings. The summed E-state index contributed by atoms with van der Waals surface area (Å²) in [5.74, 6) is -3.11. The normalized spacial score (nSPS) is 33.6. The van der Waals surface area contributed by atoms with Crippen molar-refractivity contribution in [2.24, 2.45) is 40.2 Å². The summed E-state index contributed by atoms with van der Waals surface area (Å²) in [5.41, 5.74) is 3.70. The number of hydrogen-bond donors (Lipinski definition) is 5. The van der Waals surface area contributed by atoms with Gasteiger partial charge in [0.15, 0.2) is 29.7 Å². The van der Waals surface area contributed by atoms with E-state index in [2.05, 4.69) is 29.8 Å². The van der Waals surface area contributed by atoms with Crippen molar-refractivity contribution in [1.82, 2.24) is 20.9 Å². The Kier molecular flexibility index (Phi) is 17.4. The second-order valence-corrected chi connectivity index (χ2v) is 21.4. The van der Waals surface area contributed by atoms with E-state index in [0.29, 0.717) is 57.8 Å². The first-order valence-electron chi connectivity index (χ1n) is 25.9. The van der Waals surface area contributed by atoms with Crippen molar-refractivity contribution in [1.29, 1.82) is 0 Å². The van der Waals surface area contributed by atoms with Crippen LogP contribution in [0.3, 0.4) is 0 Å². The van der Waals surface area contributed by atoms with Crippen molar-refractivity contribution in [2.75, 3.05) is 26.3 Å². The fourth-order valence-corrected chi connectivity index (χ4v) is 12.9. The maximum absolute atomic E-state index is 14.9. The van der Waals surface area contributed by atoms with E-state index in [1.165, 1.54) is 12.2 Å². The third-order valence-corrected chi connectivity index (χ3v) is 16.4. The van der Waals surface area contributed by atoms with Gasteiger partial charge in [-0.15, -0.1) is 0 Å². The number of amides is 6. The number of nitrogens with zero attached hydrogens (tertiary/aromatic N) is 1. The molecular formula is C52H75N5O14. The number of ether oxygens (including phenoxy) is 5. The van der Waals surface area contributed by atoms with Gasteiger partial charge >= 0.3 is 12.0 Å². The molecule has 0 aromatic carbocycles. The first kappa shape index (κ1) is 54.0. The van der Waals surface area contributed by atoms with Gasteiger partial charge in [0, 0.05) is 48.4 Å². The van der Waals surface area contributed by atoms with Crippen molar-refractivity contribution in [3.05, 3.63) is 36.0 Å². The summed E-state index contributed by atoms with van der Waals surface area (Å²) in [4.78, 5) is 104. The Hall–Kier alpha value is -4.82. The highest BCUT2D eigenvalue weighted by Crippen LogP contribution is 2.69. The third-order valence-electron chi connectivity index (χ3n) is 16.4. The first-order chi connectivity index (χ1) is 33.8. The van der Waals surface area contributed by atoms with Gasteiger partial charge in [0.2, 0.25) is 11.8 Å². The number of allylic oxidation sites excluding steroid dienone is 4. The zero-order chi connectivity index (χ0) is 51.3. The summed E-state index contributed by atoms with van der Waals surface area (Å²) >= 11 is 0. The molecule has 2 saturated heterocycles. The molecule has 3 heterocycles. The molecule has 3 aliphatic heterocycles. The highest BCUT2D eigenvalue weighted by atomic mass is 16.7. The number of nitrogens with two attached hydrogens (primary N) is 1. The minimum atomic E-state index is -1.36. The number of aliphatic hydroxyl groups is 1. The number of carbonyl (C=O) groups excluding carboxylic acids is 8. The minimum absolute atomic E-state index is 0.0128. The lowest BCUT2D eigenvalue weighted by Gasteiger charge is -2.59. The van der Waals surface area contributed by atoms with E-state index in [1.54, 1.807) is 26.0 Å². The number of imide groups is 1. The third kappa shape index (κ3) is 11.5. The molecule has 0 aromatic rings. The number of Topliss-reactive ketones (excluding diaryl/α,β-unsaturated/α-hetero) is 1. The average Bonchev–Trinajstić information content (AvgIpc) is 3.94. The Bertz CT molecular complexity index is 2130. The van der Waals surface area contributed by atoms with Crippen LogP contribution < -0.4 is 21.7 Å². The molecule has 0 radical (unpaired) electrons. The van der Waals surface area contributed by atoms with Gasteiger partial charge in [-0.1, -0.05) is 59.1 Å². The summed E-state index contributed by atoms with van der Waals surface area (Å²) in [6.07, 6.45) is 12.1. The molecule has 6 amide bonds. The van der Waals surface area contributed by atoms with Gasteiger partial charge in [-0.2, -0.15) is 0 Å². The van der Waals surface area contributed by atoms with Crippen LogP contribution >= 0.6 is 0 Å². The highest BCUT2D eigenvalue weighted by Gasteiger charge is 2.75. The van der Waals surface area contributed by atoms with Gasteiger partial charge in [-0.3, -0.25) is 33.7 Å². The van der Waals surface area contributed by atoms with E-state index in [-0.39, 0.29) is 98.5 Å². The van der Waals surface area contributed by atoms with E-state index in [0.717, 1.165) is 29.7 Å². The molecule has 0 spiro atoms. The average molecular weight is 994 g/mol. The minimum Gasteiger partial charge on any atom is -0.461 e. The predicted octanol–water partition coefficient (Wildman–Crippen LogP) is 3.74. The smallest absolute Gasteiger partial charge is 0.328 e. The number of urea groups is 1. The molecule has 392 valence electrons. The van der Waals surface area contributed by atoms with E-state index >= 15 is 0 Å². The monoisotopic (exact) mass is 994 g/mol. The molecule has 19 heteroatoms. The molecule has 19 nitrogen and oxygen atoms in total. The Morgan fingerprint density at radius 1 is 0.972 bits per heavy atom. The van der Waals surface area contributed by atoms with Crippen LogP contribution in [-0.2, 0) is 57.2 Å². The van der Waals surface area contributed by atoms with Crippen molar-refractivity contribution < 1.29 is 67.1 Å². The number of hydrogen-bond acceptors (Lipinski definition) is 14. The molecular weight excluding hydrogens is 919 g/mol. The maximum atomic E-state index is 14.9. The lowest BCUT2D eigenvalue weighted by Crippen LogP contribution is -2.63. The zero-order valence-electron chi connectivity index (χ0n) is 42.0. The van der Waals surface area contributed by atoms with Crippen molar-refractivity contribution in [3.8, 4) is 0 Å². The SMILES string of the molecule is CCCC1O[C@@H]2C[C@H]3[C@@H]4CCC5=CC(=O)C=C[C@]5(C)[C@H]4[C@@H](O)C[C@]3(C)[C@]2(C(=O)COC2CCCC(COC(=O)[C@H](CCCNC(N)=O)NC(=O)[C@@H](NC(=O)CCCCCN3C(=O)C=CC3=O)C(C)C)O2)O1. The van der Waals surface area contributed by atoms with Gasteiger partial charge in [-0.25, -0.2) is 9.59 Å². The summed E-state index contributed by atoms with van der Waals surface area (Å²) in [7, 11) is 0. The van der Waals surface area contributed by atoms with E-state index < -0.39 is 77.3 Å². The topological polar surface area (TPSA) is 268 Å². The second-order valence-electron chi connectivity index (χ2n) is 21.4. The number of carbonyl (C=O) groups is 8. The van der Waals surface area contributed by atoms with Crippen LogP contribution in [0.5, 0.6) is 0 Å². The molecule has 0 aromatic heterocycles. The highest BCUT2D eigenvalue weighted by molar-refractivity contribution is 6.12. The summed E-state index contributed by atoms with van der Waals surface area (Å²) in [6, 6.07) is -2.86. The number of esters is 1. The van der Waals surface area contributed by atoms with Crippen LogP contribution in [0.1, 0.15) is 131 Å². The van der Waals surface area contributed by atoms with Gasteiger partial charge < -0.3 is 50.5 Å². The number of fused-ring (bicyclic) bond motifs is 7. The molecule has 13 atom stereocenters. The van der Waals surface area contributed by atoms with Gasteiger partial charge in [0.25, 0.3) is 11.8 Å². The molecule has 7 rings (SSSR count). The molecule has 3 saturated carbocycles. The first-order valence-corrected chi connectivity index (χ1v) is 25.9. The number of unbranched alkanes of at least 4 members (excludes halogenated alkanes) is 2. The standard InChI is InChI=1S/C52H75N5O14/c1-6-12-44-70-39-26-35-34-18-17-31-25-32(58)21-22-50(31,4)45(34)37(59)27-51(35,5)52(39,71-44)38(60)29-67-43-16-10-13-33(69-43)28-68-48(65)36(14-11-23-54-49(53)66)55-47(64)46(30(2)3)56-40(61)15-8-7-9-24-57-41(62)19-20-42(57)63/h19-22,25,30,33-37,39,43-46,59H,6-18,23-24,26-29H2,1-5H3,(H,55,64)(H,56,61)(H3,53,54,66)/t33?,34-,35-,36-,37-,39+,43?,44?,45+,46-,50-,51-,52+/m0/s1. The van der Waals surface area contributed by atoms with Gasteiger partial charge in [0.05, 0.1) is 18.3 Å². The Labute approximate surface area is 416 Å². The van der Waals surface area contributed by atoms with Crippen molar-refractivity contribution in [2.45, 2.75) is 180 Å². The number of nitrogens with one attached hydrogen (secondary N) is 3. The number of ketones is 2. The van der Waals surface area contributed by atoms with E-state index in [1.807, 2.05) is 13.0 Å². The Morgan fingerprint density at radius 3 is 2.45 bits per heavy atom. The lowest BCUT2D eigenvalue weighted by atomic mass is 9.46. The molecule has 7 aliphatic rings. The fraction of sp³-hybridized carbons (Fsp3) is 0.731. The summed E-state index contributed by atoms with van der Waals surface area (Å²) in [6.45, 7) is 9.65. The zero-order valence-corrected chi connectivity index (χ0v) is 42.0. The van der Waals surface area contributed by atoms with Gasteiger partial charge in [-0.05, 0) is 107 Å². The van der Waals surface area contributed by atoms with Crippen molar-refractivity contribution >= 4 is 47.2 Å². The maximum Gasteiger partial charge on any atom is 0.328 e. The lowest BCUT2D eigenvalue weighted by molar-refractivity contribution is -0.220. The molecule has 6 N–H and O–H groups in total. The van der Waals surface area contributed by atoms with Crippen LogP contribution in [0.4, 0.5) is 4.79 Å². The van der Waals surface area contributed by atoms with Crippen LogP contribution in [0.25, 0.3) is 0 Å². The Balaban J connectivity index is 0.935. The quantitative estimate of drug-likeness (QED) is 0.0555. The van der Waals surface area contributed by atoms with Crippen molar-refractivity contribution in [3.63, 3.8) is 0 Å². The van der Waals surface area contributed by atoms with Crippen LogP contribution in [0.2, 0.25) is 0 Å². The number of rotatable bonds is 23. The van der Waals surface area contributed by atoms with Gasteiger partial charge in [0.1, 0.15) is 25.3 Å². The number of aliphatic hydroxyl groups excluding tert-OH is 1. The number of primary amides is 1. The molecule has 71 heavy (non-hydrogen) atoms. The van der Waals surface area contributed by atoms with E-state index in [9.17, 15) is 43.5 Å². The molecule has 0 bridgehead atoms. The van der Waals surface area contributed by atoms with E-state index in [4.69, 9.17) is 29.4 Å². The molecule has 4 aliphatic carbocycles. The summed E-state index contributed by atoms with van der Waals surface area (Å²) in [5, 5.41) is 20.1. The van der Waals surface area contributed by atoms with Crippen LogP contribution in [0, 0.1) is 34.5 Å². The van der Waals surface area contributed by atoms with Crippen LogP contribution in [-0.4, -0.2) is 132 Å². The summed E-state index contributed by atoms with van der Waals surface area (Å²) < 4.78 is 31.7.